The van der Waals surface area contributed by atoms with Crippen LogP contribution in [-0.4, -0.2) is 31.1 Å². The number of nitrogens with one attached hydrogen (secondary N) is 1. The second-order valence-corrected chi connectivity index (χ2v) is 8.03. The van der Waals surface area contributed by atoms with Crippen LogP contribution in [0.2, 0.25) is 0 Å². The Bertz CT molecular complexity index is 733. The van der Waals surface area contributed by atoms with Crippen molar-refractivity contribution in [2.45, 2.75) is 17.9 Å². The molecule has 2 aromatic rings. The van der Waals surface area contributed by atoms with Crippen molar-refractivity contribution < 1.29 is 23.4 Å². The maximum absolute atomic E-state index is 12.2. The molecule has 0 aliphatic rings. The molecule has 21 heavy (non-hydrogen) atoms. The molecule has 0 radical (unpaired) electrons. The number of rotatable bonds is 6. The summed E-state index contributed by atoms with van der Waals surface area (Å²) in [6.45, 7) is 1.37. The quantitative estimate of drug-likeness (QED) is 0.739. The average molecular weight is 347 g/mol. The molecule has 2 rings (SSSR count). The second-order valence-electron chi connectivity index (χ2n) is 4.26. The fourth-order valence-electron chi connectivity index (χ4n) is 1.69. The molecule has 0 saturated carbocycles. The van der Waals surface area contributed by atoms with Crippen molar-refractivity contribution in [2.24, 2.45) is 0 Å². The molecule has 0 amide bonds. The van der Waals surface area contributed by atoms with Crippen LogP contribution in [0.3, 0.4) is 0 Å². The molecule has 3 N–H and O–H groups in total. The summed E-state index contributed by atoms with van der Waals surface area (Å²) < 4.78 is 26.6. The van der Waals surface area contributed by atoms with Gasteiger partial charge in [0.1, 0.15) is 4.88 Å². The molecule has 1 atom stereocenters. The molecule has 6 nitrogen and oxygen atoms in total. The highest BCUT2D eigenvalue weighted by Crippen LogP contribution is 2.26. The SMILES string of the molecule is Cc1sc(C(=O)O)cc1S(=O)(=O)NCC(O)c1ccsc1. The lowest BCUT2D eigenvalue weighted by Gasteiger charge is -2.10. The molecular weight excluding hydrogens is 334 g/mol. The van der Waals surface area contributed by atoms with Crippen LogP contribution in [-0.2, 0) is 10.0 Å². The molecule has 114 valence electrons. The van der Waals surface area contributed by atoms with Crippen LogP contribution in [0.15, 0.2) is 27.8 Å². The lowest BCUT2D eigenvalue weighted by Crippen LogP contribution is -2.28. The van der Waals surface area contributed by atoms with E-state index in [9.17, 15) is 18.3 Å². The van der Waals surface area contributed by atoms with Crippen molar-refractivity contribution in [1.82, 2.24) is 4.72 Å². The van der Waals surface area contributed by atoms with Crippen molar-refractivity contribution in [3.63, 3.8) is 0 Å². The van der Waals surface area contributed by atoms with Gasteiger partial charge < -0.3 is 10.2 Å². The predicted octanol–water partition coefficient (Wildman–Crippen LogP) is 1.83. The van der Waals surface area contributed by atoms with Crippen molar-refractivity contribution in [3.05, 3.63) is 38.2 Å². The highest BCUT2D eigenvalue weighted by Gasteiger charge is 2.23. The number of carboxylic acids is 1. The zero-order valence-electron chi connectivity index (χ0n) is 10.9. The highest BCUT2D eigenvalue weighted by atomic mass is 32.2. The first-order valence-electron chi connectivity index (χ1n) is 5.85. The van der Waals surface area contributed by atoms with E-state index in [0.29, 0.717) is 10.4 Å². The summed E-state index contributed by atoms with van der Waals surface area (Å²) in [5, 5.41) is 22.3. The lowest BCUT2D eigenvalue weighted by molar-refractivity contribution is 0.0702. The van der Waals surface area contributed by atoms with Crippen molar-refractivity contribution in [2.75, 3.05) is 6.54 Å². The third-order valence-corrected chi connectivity index (χ3v) is 6.19. The highest BCUT2D eigenvalue weighted by molar-refractivity contribution is 7.89. The molecule has 0 saturated heterocycles. The minimum atomic E-state index is -3.85. The van der Waals surface area contributed by atoms with Gasteiger partial charge in [0.25, 0.3) is 0 Å². The van der Waals surface area contributed by atoms with E-state index in [1.165, 1.54) is 11.3 Å². The van der Waals surface area contributed by atoms with E-state index < -0.39 is 22.1 Å². The van der Waals surface area contributed by atoms with Gasteiger partial charge in [-0.05, 0) is 35.4 Å². The van der Waals surface area contributed by atoms with E-state index in [1.807, 2.05) is 0 Å². The van der Waals surface area contributed by atoms with E-state index in [-0.39, 0.29) is 16.3 Å². The fraction of sp³-hybridized carbons (Fsp3) is 0.250. The maximum atomic E-state index is 12.2. The lowest BCUT2D eigenvalue weighted by atomic mass is 10.2. The van der Waals surface area contributed by atoms with Crippen LogP contribution >= 0.6 is 22.7 Å². The average Bonchev–Trinajstić information content (AvgIpc) is 3.05. The van der Waals surface area contributed by atoms with Crippen LogP contribution in [0.25, 0.3) is 0 Å². The number of aliphatic hydroxyl groups is 1. The zero-order chi connectivity index (χ0) is 15.6. The summed E-state index contributed by atoms with van der Waals surface area (Å²) in [4.78, 5) is 11.2. The Morgan fingerprint density at radius 1 is 1.48 bits per heavy atom. The third-order valence-electron chi connectivity index (χ3n) is 2.77. The number of hydrogen-bond acceptors (Lipinski definition) is 6. The topological polar surface area (TPSA) is 104 Å². The van der Waals surface area contributed by atoms with Crippen molar-refractivity contribution >= 4 is 38.7 Å². The molecule has 0 aromatic carbocycles. The predicted molar refractivity (Wildman–Crippen MR) is 80.5 cm³/mol. The first-order chi connectivity index (χ1) is 9.81. The number of carbonyl (C=O) groups is 1. The molecule has 0 fully saturated rings. The minimum Gasteiger partial charge on any atom is -0.477 e. The Hall–Kier alpha value is -1.26. The zero-order valence-corrected chi connectivity index (χ0v) is 13.4. The summed E-state index contributed by atoms with van der Waals surface area (Å²) in [5.74, 6) is -1.16. The van der Waals surface area contributed by atoms with E-state index >= 15 is 0 Å². The van der Waals surface area contributed by atoms with Crippen LogP contribution in [0.5, 0.6) is 0 Å². The fourth-order valence-corrected chi connectivity index (χ4v) is 4.86. The molecule has 0 aliphatic carbocycles. The number of carboxylic acid groups (broad SMARTS) is 1. The summed E-state index contributed by atoms with van der Waals surface area (Å²) in [7, 11) is -3.85. The number of aliphatic hydroxyl groups excluding tert-OH is 1. The Labute approximate surface area is 129 Å². The Morgan fingerprint density at radius 3 is 2.71 bits per heavy atom. The number of aryl methyl sites for hydroxylation is 1. The Balaban J connectivity index is 2.13. The van der Waals surface area contributed by atoms with Crippen molar-refractivity contribution in [3.8, 4) is 0 Å². The molecular formula is C12H13NO5S3. The van der Waals surface area contributed by atoms with Crippen LogP contribution in [0.4, 0.5) is 0 Å². The number of aromatic carboxylic acids is 1. The van der Waals surface area contributed by atoms with Gasteiger partial charge in [-0.25, -0.2) is 17.9 Å². The van der Waals surface area contributed by atoms with Gasteiger partial charge >= 0.3 is 5.97 Å². The van der Waals surface area contributed by atoms with Gasteiger partial charge in [0, 0.05) is 11.4 Å². The molecule has 0 spiro atoms. The Morgan fingerprint density at radius 2 is 2.19 bits per heavy atom. The first kappa shape index (κ1) is 16.1. The van der Waals surface area contributed by atoms with Crippen LogP contribution in [0, 0.1) is 6.92 Å². The minimum absolute atomic E-state index is 0.0359. The van der Waals surface area contributed by atoms with Gasteiger partial charge in [0.2, 0.25) is 10.0 Å². The molecule has 0 aliphatic heterocycles. The van der Waals surface area contributed by atoms with Gasteiger partial charge in [0.05, 0.1) is 11.0 Å². The molecule has 1 unspecified atom stereocenters. The smallest absolute Gasteiger partial charge is 0.345 e. The number of thiophene rings is 2. The first-order valence-corrected chi connectivity index (χ1v) is 9.09. The largest absolute Gasteiger partial charge is 0.477 e. The summed E-state index contributed by atoms with van der Waals surface area (Å²) in [5.41, 5.74) is 0.635. The third kappa shape index (κ3) is 3.69. The summed E-state index contributed by atoms with van der Waals surface area (Å²) in [6, 6.07) is 2.84. The number of hydrogen-bond donors (Lipinski definition) is 3. The van der Waals surface area contributed by atoms with Gasteiger partial charge in [-0.15, -0.1) is 11.3 Å². The summed E-state index contributed by atoms with van der Waals surface area (Å²) >= 11 is 2.31. The molecule has 2 aromatic heterocycles. The van der Waals surface area contributed by atoms with Gasteiger partial charge in [-0.3, -0.25) is 0 Å². The molecule has 9 heteroatoms. The monoisotopic (exact) mass is 347 g/mol. The van der Waals surface area contributed by atoms with E-state index in [2.05, 4.69) is 4.72 Å². The molecule has 2 heterocycles. The standard InChI is InChI=1S/C12H13NO5S3/c1-7-11(4-10(20-7)12(15)16)21(17,18)13-5-9(14)8-2-3-19-6-8/h2-4,6,9,13-14H,5H2,1H3,(H,15,16). The number of sulfonamides is 1. The van der Waals surface area contributed by atoms with Crippen LogP contribution < -0.4 is 4.72 Å². The Kier molecular flexibility index (Phi) is 4.79. The van der Waals surface area contributed by atoms with E-state index in [1.54, 1.807) is 23.8 Å². The summed E-state index contributed by atoms with van der Waals surface area (Å²) in [6.07, 6.45) is -0.941. The van der Waals surface area contributed by atoms with Crippen LogP contribution in [0.1, 0.15) is 26.2 Å². The second kappa shape index (κ2) is 6.24. The van der Waals surface area contributed by atoms with Gasteiger partial charge in [0.15, 0.2) is 0 Å². The normalized spacial score (nSPS) is 13.2. The van der Waals surface area contributed by atoms with Crippen molar-refractivity contribution in [1.29, 1.82) is 0 Å². The van der Waals surface area contributed by atoms with E-state index in [4.69, 9.17) is 5.11 Å². The van der Waals surface area contributed by atoms with E-state index in [0.717, 1.165) is 17.4 Å². The maximum Gasteiger partial charge on any atom is 0.345 e. The van der Waals surface area contributed by atoms with Gasteiger partial charge in [-0.1, -0.05) is 0 Å². The van der Waals surface area contributed by atoms with Gasteiger partial charge in [-0.2, -0.15) is 11.3 Å². The molecule has 0 bridgehead atoms.